The first-order valence-electron chi connectivity index (χ1n) is 5.14. The van der Waals surface area contributed by atoms with Crippen LogP contribution < -0.4 is 10.6 Å². The maximum absolute atomic E-state index is 3.34. The number of nitrogens with one attached hydrogen (secondary N) is 1. The van der Waals surface area contributed by atoms with E-state index in [9.17, 15) is 0 Å². The van der Waals surface area contributed by atoms with Gasteiger partial charge in [0.1, 0.15) is 0 Å². The van der Waals surface area contributed by atoms with Gasteiger partial charge in [0, 0.05) is 11.5 Å². The van der Waals surface area contributed by atoms with Crippen molar-refractivity contribution in [3.05, 3.63) is 22.3 Å². The SMILES string of the molecule is CC(C)Cc1c[nH]c2c1=CCCC=2. The van der Waals surface area contributed by atoms with E-state index in [2.05, 4.69) is 37.2 Å². The quantitative estimate of drug-likeness (QED) is 0.702. The number of hydrogen-bond donors (Lipinski definition) is 1. The van der Waals surface area contributed by atoms with Crippen LogP contribution in [0.4, 0.5) is 0 Å². The van der Waals surface area contributed by atoms with Gasteiger partial charge in [-0.1, -0.05) is 26.0 Å². The number of aromatic amines is 1. The van der Waals surface area contributed by atoms with Crippen LogP contribution >= 0.6 is 0 Å². The second kappa shape index (κ2) is 3.41. The molecule has 1 aromatic heterocycles. The van der Waals surface area contributed by atoms with Gasteiger partial charge in [-0.3, -0.25) is 0 Å². The number of aromatic nitrogens is 1. The summed E-state index contributed by atoms with van der Waals surface area (Å²) in [7, 11) is 0. The topological polar surface area (TPSA) is 15.8 Å². The van der Waals surface area contributed by atoms with Crippen LogP contribution in [0.3, 0.4) is 0 Å². The van der Waals surface area contributed by atoms with Crippen LogP contribution in [-0.4, -0.2) is 4.98 Å². The zero-order valence-electron chi connectivity index (χ0n) is 8.43. The standard InChI is InChI=1S/C12H17N/c1-9(2)7-10-8-13-12-6-4-3-5-11(10)12/h5-6,8-9,13H,3-4,7H2,1-2H3. The molecule has 0 aliphatic heterocycles. The van der Waals surface area contributed by atoms with E-state index >= 15 is 0 Å². The van der Waals surface area contributed by atoms with E-state index in [1.807, 2.05) is 0 Å². The lowest BCUT2D eigenvalue weighted by molar-refractivity contribution is 0.645. The Bertz CT molecular complexity index is 395. The van der Waals surface area contributed by atoms with Gasteiger partial charge in [-0.15, -0.1) is 0 Å². The molecule has 1 heteroatoms. The second-order valence-electron chi connectivity index (χ2n) is 4.22. The fourth-order valence-corrected chi connectivity index (χ4v) is 1.97. The normalized spacial score (nSPS) is 15.0. The van der Waals surface area contributed by atoms with E-state index in [0.29, 0.717) is 0 Å². The van der Waals surface area contributed by atoms with Crippen LogP contribution in [0, 0.1) is 5.92 Å². The van der Waals surface area contributed by atoms with Crippen molar-refractivity contribution < 1.29 is 0 Å². The molecule has 0 spiro atoms. The summed E-state index contributed by atoms with van der Waals surface area (Å²) >= 11 is 0. The molecule has 2 rings (SSSR count). The van der Waals surface area contributed by atoms with Crippen molar-refractivity contribution in [3.63, 3.8) is 0 Å². The summed E-state index contributed by atoms with van der Waals surface area (Å²) < 4.78 is 0. The van der Waals surface area contributed by atoms with Crippen LogP contribution in [0.5, 0.6) is 0 Å². The van der Waals surface area contributed by atoms with E-state index in [4.69, 9.17) is 0 Å². The summed E-state index contributed by atoms with van der Waals surface area (Å²) in [6.45, 7) is 4.54. The molecule has 0 aromatic carbocycles. The van der Waals surface area contributed by atoms with Crippen molar-refractivity contribution in [3.8, 4) is 0 Å². The average molecular weight is 175 g/mol. The third-order valence-electron chi connectivity index (χ3n) is 2.53. The van der Waals surface area contributed by atoms with Gasteiger partial charge in [0.15, 0.2) is 0 Å². The molecule has 1 nitrogen and oxygen atoms in total. The molecule has 70 valence electrons. The average Bonchev–Trinajstić information content (AvgIpc) is 2.48. The molecular formula is C12H17N. The fraction of sp³-hybridized carbons (Fsp3) is 0.500. The van der Waals surface area contributed by atoms with Crippen molar-refractivity contribution in [2.45, 2.75) is 33.1 Å². The molecular weight excluding hydrogens is 158 g/mol. The summed E-state index contributed by atoms with van der Waals surface area (Å²) in [6, 6.07) is 0. The molecule has 1 N–H and O–H groups in total. The predicted molar refractivity (Wildman–Crippen MR) is 56.7 cm³/mol. The van der Waals surface area contributed by atoms with Gasteiger partial charge < -0.3 is 4.98 Å². The Morgan fingerprint density at radius 1 is 1.31 bits per heavy atom. The lowest BCUT2D eigenvalue weighted by atomic mass is 10.0. The summed E-state index contributed by atoms with van der Waals surface area (Å²) in [5, 5.41) is 2.79. The zero-order chi connectivity index (χ0) is 9.26. The third-order valence-corrected chi connectivity index (χ3v) is 2.53. The zero-order valence-corrected chi connectivity index (χ0v) is 8.43. The van der Waals surface area contributed by atoms with Gasteiger partial charge >= 0.3 is 0 Å². The van der Waals surface area contributed by atoms with Crippen molar-refractivity contribution in [1.29, 1.82) is 0 Å². The van der Waals surface area contributed by atoms with Crippen molar-refractivity contribution in [1.82, 2.24) is 4.98 Å². The lowest BCUT2D eigenvalue weighted by Gasteiger charge is -2.02. The molecule has 0 unspecified atom stereocenters. The van der Waals surface area contributed by atoms with Gasteiger partial charge in [-0.2, -0.15) is 0 Å². The Morgan fingerprint density at radius 2 is 2.08 bits per heavy atom. The predicted octanol–water partition coefficient (Wildman–Crippen LogP) is 1.57. The molecule has 1 aliphatic carbocycles. The number of H-pyrrole nitrogens is 1. The van der Waals surface area contributed by atoms with Crippen LogP contribution in [0.1, 0.15) is 32.3 Å². The highest BCUT2D eigenvalue weighted by atomic mass is 14.7. The minimum atomic E-state index is 0.746. The van der Waals surface area contributed by atoms with Gasteiger partial charge in [-0.05, 0) is 36.0 Å². The van der Waals surface area contributed by atoms with Gasteiger partial charge in [0.05, 0.1) is 0 Å². The molecule has 1 aromatic rings. The number of hydrogen-bond acceptors (Lipinski definition) is 0. The number of fused-ring (bicyclic) bond motifs is 1. The molecule has 0 fully saturated rings. The first-order chi connectivity index (χ1) is 6.27. The van der Waals surface area contributed by atoms with Gasteiger partial charge in [-0.25, -0.2) is 0 Å². The molecule has 0 atom stereocenters. The molecule has 0 bridgehead atoms. The Balaban J connectivity index is 2.44. The van der Waals surface area contributed by atoms with E-state index < -0.39 is 0 Å². The van der Waals surface area contributed by atoms with Crippen molar-refractivity contribution in [2.75, 3.05) is 0 Å². The summed E-state index contributed by atoms with van der Waals surface area (Å²) in [4.78, 5) is 3.34. The molecule has 0 amide bonds. The summed E-state index contributed by atoms with van der Waals surface area (Å²) in [5.74, 6) is 0.746. The lowest BCUT2D eigenvalue weighted by Crippen LogP contribution is -2.27. The van der Waals surface area contributed by atoms with E-state index in [1.165, 1.54) is 35.4 Å². The first kappa shape index (κ1) is 8.61. The van der Waals surface area contributed by atoms with Crippen LogP contribution in [0.15, 0.2) is 6.20 Å². The van der Waals surface area contributed by atoms with E-state index in [1.54, 1.807) is 0 Å². The highest BCUT2D eigenvalue weighted by Gasteiger charge is 2.03. The van der Waals surface area contributed by atoms with Crippen LogP contribution in [0.2, 0.25) is 0 Å². The highest BCUT2D eigenvalue weighted by Crippen LogP contribution is 2.03. The van der Waals surface area contributed by atoms with Crippen LogP contribution in [0.25, 0.3) is 12.2 Å². The monoisotopic (exact) mass is 175 g/mol. The summed E-state index contributed by atoms with van der Waals surface area (Å²) in [5.41, 5.74) is 1.49. The molecule has 0 saturated heterocycles. The van der Waals surface area contributed by atoms with Gasteiger partial charge in [0.2, 0.25) is 0 Å². The molecule has 13 heavy (non-hydrogen) atoms. The van der Waals surface area contributed by atoms with E-state index in [-0.39, 0.29) is 0 Å². The third kappa shape index (κ3) is 1.69. The molecule has 0 radical (unpaired) electrons. The van der Waals surface area contributed by atoms with E-state index in [0.717, 1.165) is 5.92 Å². The van der Waals surface area contributed by atoms with Crippen molar-refractivity contribution in [2.24, 2.45) is 5.92 Å². The fourth-order valence-electron chi connectivity index (χ4n) is 1.97. The largest absolute Gasteiger partial charge is 0.361 e. The van der Waals surface area contributed by atoms with Crippen molar-refractivity contribution >= 4 is 12.2 Å². The highest BCUT2D eigenvalue weighted by molar-refractivity contribution is 5.39. The minimum Gasteiger partial charge on any atom is -0.361 e. The smallest absolute Gasteiger partial charge is 0.0413 e. The van der Waals surface area contributed by atoms with Gasteiger partial charge in [0.25, 0.3) is 0 Å². The number of rotatable bonds is 2. The van der Waals surface area contributed by atoms with Crippen LogP contribution in [-0.2, 0) is 6.42 Å². The molecule has 0 saturated carbocycles. The maximum atomic E-state index is 3.34. The maximum Gasteiger partial charge on any atom is 0.0413 e. The Hall–Kier alpha value is -0.980. The second-order valence-corrected chi connectivity index (χ2v) is 4.22. The molecule has 1 aliphatic rings. The minimum absolute atomic E-state index is 0.746. The molecule has 1 heterocycles. The first-order valence-corrected chi connectivity index (χ1v) is 5.14. The summed E-state index contributed by atoms with van der Waals surface area (Å²) in [6.07, 6.45) is 10.4. The Labute approximate surface area is 79.2 Å². The Morgan fingerprint density at radius 3 is 2.85 bits per heavy atom. The Kier molecular flexibility index (Phi) is 2.26.